The summed E-state index contributed by atoms with van der Waals surface area (Å²) in [7, 11) is 0. The van der Waals surface area contributed by atoms with Crippen LogP contribution in [0.2, 0.25) is 0 Å². The lowest BCUT2D eigenvalue weighted by molar-refractivity contribution is -0.255. The Morgan fingerprint density at radius 3 is 2.47 bits per heavy atom. The van der Waals surface area contributed by atoms with E-state index in [1.807, 2.05) is 42.5 Å². The SMILES string of the molecule is Nc1ccc(Oc2ccc3c(c2)Oc2c4c5c(cc2=C3c2ccccc2C(=O)[O-])CCC[N+]=5CCC4)cc1. The number of aromatic carboxylic acids is 1. The average molecular weight is 503 g/mol. The molecule has 0 unspecified atom stereocenters. The maximum atomic E-state index is 12.2. The predicted octanol–water partition coefficient (Wildman–Crippen LogP) is 3.16. The molecule has 0 bridgehead atoms. The van der Waals surface area contributed by atoms with Crippen molar-refractivity contribution >= 4 is 17.2 Å². The summed E-state index contributed by atoms with van der Waals surface area (Å²) in [6, 6.07) is 22.2. The highest BCUT2D eigenvalue weighted by Crippen LogP contribution is 2.41. The molecule has 7 rings (SSSR count). The van der Waals surface area contributed by atoms with Crippen LogP contribution in [0.25, 0.3) is 5.57 Å². The molecule has 0 aromatic heterocycles. The van der Waals surface area contributed by atoms with Crippen molar-refractivity contribution in [2.75, 3.05) is 18.8 Å². The highest BCUT2D eigenvalue weighted by Gasteiger charge is 2.31. The molecule has 38 heavy (non-hydrogen) atoms. The maximum absolute atomic E-state index is 12.2. The first-order valence-electron chi connectivity index (χ1n) is 13.0. The van der Waals surface area contributed by atoms with Gasteiger partial charge in [0, 0.05) is 52.1 Å². The summed E-state index contributed by atoms with van der Waals surface area (Å²) in [5.74, 6) is 1.55. The number of nitrogens with two attached hydrogens (primary N) is 1. The molecule has 4 aromatic carbocycles. The Morgan fingerprint density at radius 2 is 1.66 bits per heavy atom. The molecule has 0 radical (unpaired) electrons. The van der Waals surface area contributed by atoms with E-state index in [4.69, 9.17) is 15.2 Å². The highest BCUT2D eigenvalue weighted by atomic mass is 16.5. The number of nitrogen functional groups attached to an aromatic ring is 1. The number of carbonyl (C=O) groups excluding carboxylic acids is 1. The van der Waals surface area contributed by atoms with Gasteiger partial charge in [-0.05, 0) is 60.9 Å². The predicted molar refractivity (Wildman–Crippen MR) is 143 cm³/mol. The fourth-order valence-electron chi connectivity index (χ4n) is 6.09. The third-order valence-electron chi connectivity index (χ3n) is 7.71. The fraction of sp³-hybridized carbons (Fsp3) is 0.188. The number of fused-ring (bicyclic) bond motifs is 3. The van der Waals surface area contributed by atoms with Gasteiger partial charge in [0.1, 0.15) is 36.1 Å². The van der Waals surface area contributed by atoms with Crippen LogP contribution in [-0.4, -0.2) is 19.1 Å². The van der Waals surface area contributed by atoms with Gasteiger partial charge in [-0.3, -0.25) is 0 Å². The Balaban J connectivity index is 1.50. The summed E-state index contributed by atoms with van der Waals surface area (Å²) < 4.78 is 15.3. The summed E-state index contributed by atoms with van der Waals surface area (Å²) in [5.41, 5.74) is 11.5. The number of carbonyl (C=O) groups is 1. The van der Waals surface area contributed by atoms with Crippen LogP contribution in [0.3, 0.4) is 0 Å². The van der Waals surface area contributed by atoms with E-state index in [1.54, 1.807) is 24.3 Å². The number of carboxylic acid groups (broad SMARTS) is 1. The minimum absolute atomic E-state index is 0.163. The van der Waals surface area contributed by atoms with Gasteiger partial charge in [0.2, 0.25) is 5.36 Å². The first-order valence-corrected chi connectivity index (χ1v) is 13.0. The van der Waals surface area contributed by atoms with Crippen LogP contribution in [0.1, 0.15) is 45.5 Å². The van der Waals surface area contributed by atoms with Crippen molar-refractivity contribution in [3.05, 3.63) is 111 Å². The van der Waals surface area contributed by atoms with Gasteiger partial charge in [-0.25, -0.2) is 4.58 Å². The van der Waals surface area contributed by atoms with Gasteiger partial charge in [0.05, 0.1) is 11.5 Å². The normalized spacial score (nSPS) is 15.2. The number of aryl methyl sites for hydroxylation is 1. The molecule has 0 saturated carbocycles. The van der Waals surface area contributed by atoms with E-state index in [0.29, 0.717) is 28.5 Å². The van der Waals surface area contributed by atoms with E-state index in [9.17, 15) is 9.90 Å². The second-order valence-electron chi connectivity index (χ2n) is 10.1. The van der Waals surface area contributed by atoms with Gasteiger partial charge >= 0.3 is 0 Å². The maximum Gasteiger partial charge on any atom is 0.210 e. The van der Waals surface area contributed by atoms with E-state index < -0.39 is 5.97 Å². The number of hydrogen-bond acceptors (Lipinski definition) is 5. The zero-order valence-electron chi connectivity index (χ0n) is 20.8. The number of carboxylic acids is 1. The van der Waals surface area contributed by atoms with E-state index in [2.05, 4.69) is 10.6 Å². The molecule has 0 spiro atoms. The third kappa shape index (κ3) is 3.64. The topological polar surface area (TPSA) is 87.6 Å². The molecule has 0 amide bonds. The Bertz CT molecular complexity index is 1750. The number of ether oxygens (including phenoxy) is 2. The Labute approximate surface area is 219 Å². The van der Waals surface area contributed by atoms with Crippen molar-refractivity contribution in [1.29, 1.82) is 0 Å². The molecule has 2 N–H and O–H groups in total. The number of hydrogen-bond donors (Lipinski definition) is 1. The van der Waals surface area contributed by atoms with Crippen molar-refractivity contribution in [3.8, 4) is 23.0 Å². The average Bonchev–Trinajstić information content (AvgIpc) is 2.93. The quantitative estimate of drug-likeness (QED) is 0.301. The molecular formula is C32H26N2O4. The standard InChI is InChI=1S/C32H26N2O4/c33-20-9-11-21(12-10-20)37-22-13-14-25-28(18-22)38-31-26-8-4-16-34-15-3-5-19(30(26)34)17-27(31)29(25)23-6-1-2-7-24(23)32(35)36/h1-2,6-7,9-14,17-18H,3-5,8,15-16,33H2. The van der Waals surface area contributed by atoms with Crippen molar-refractivity contribution in [1.82, 2.24) is 4.58 Å². The molecule has 0 saturated heterocycles. The van der Waals surface area contributed by atoms with E-state index in [0.717, 1.165) is 60.9 Å². The van der Waals surface area contributed by atoms with Crippen LogP contribution in [0.4, 0.5) is 5.69 Å². The number of rotatable bonds is 4. The monoisotopic (exact) mass is 502 g/mol. The second kappa shape index (κ2) is 8.77. The lowest BCUT2D eigenvalue weighted by Crippen LogP contribution is -2.45. The lowest BCUT2D eigenvalue weighted by Gasteiger charge is -2.27. The number of benzene rings is 4. The van der Waals surface area contributed by atoms with Crippen LogP contribution in [0, 0.1) is 0 Å². The Morgan fingerprint density at radius 1 is 0.895 bits per heavy atom. The second-order valence-corrected chi connectivity index (χ2v) is 10.1. The van der Waals surface area contributed by atoms with Crippen molar-refractivity contribution in [2.45, 2.75) is 25.7 Å². The molecule has 6 heteroatoms. The Kier molecular flexibility index (Phi) is 5.22. The number of anilines is 1. The van der Waals surface area contributed by atoms with Crippen LogP contribution >= 0.6 is 0 Å². The van der Waals surface area contributed by atoms with Crippen LogP contribution in [0.15, 0.2) is 72.8 Å². The molecule has 0 aliphatic carbocycles. The third-order valence-corrected chi connectivity index (χ3v) is 7.71. The molecule has 0 fully saturated rings. The van der Waals surface area contributed by atoms with Gasteiger partial charge in [0.25, 0.3) is 0 Å². The van der Waals surface area contributed by atoms with Gasteiger partial charge in [-0.15, -0.1) is 0 Å². The molecule has 3 aliphatic heterocycles. The summed E-state index contributed by atoms with van der Waals surface area (Å²) in [4.78, 5) is 12.2. The molecule has 3 aliphatic rings. The lowest BCUT2D eigenvalue weighted by atomic mass is 9.86. The van der Waals surface area contributed by atoms with Gasteiger partial charge in [0.15, 0.2) is 0 Å². The molecule has 0 atom stereocenters. The van der Waals surface area contributed by atoms with Gasteiger partial charge < -0.3 is 25.1 Å². The molecular weight excluding hydrogens is 476 g/mol. The molecule has 3 heterocycles. The summed E-state index contributed by atoms with van der Waals surface area (Å²) in [6.07, 6.45) is 4.10. The summed E-state index contributed by atoms with van der Waals surface area (Å²) in [6.45, 7) is 2.11. The minimum Gasteiger partial charge on any atom is -0.545 e. The smallest absolute Gasteiger partial charge is 0.210 e. The zero-order valence-corrected chi connectivity index (χ0v) is 20.8. The van der Waals surface area contributed by atoms with Crippen LogP contribution in [0.5, 0.6) is 23.0 Å². The first kappa shape index (κ1) is 22.6. The number of nitrogens with zero attached hydrogens (tertiary/aromatic N) is 1. The van der Waals surface area contributed by atoms with Crippen molar-refractivity contribution < 1.29 is 19.4 Å². The van der Waals surface area contributed by atoms with E-state index in [1.165, 1.54) is 16.5 Å². The summed E-state index contributed by atoms with van der Waals surface area (Å²) in [5, 5.41) is 14.4. The summed E-state index contributed by atoms with van der Waals surface area (Å²) >= 11 is 0. The van der Waals surface area contributed by atoms with Crippen molar-refractivity contribution in [2.24, 2.45) is 0 Å². The van der Waals surface area contributed by atoms with Crippen LogP contribution in [-0.2, 0) is 12.8 Å². The molecule has 4 aromatic rings. The van der Waals surface area contributed by atoms with Gasteiger partial charge in [-0.1, -0.05) is 24.3 Å². The molecule has 6 nitrogen and oxygen atoms in total. The minimum atomic E-state index is -1.20. The van der Waals surface area contributed by atoms with E-state index >= 15 is 0 Å². The van der Waals surface area contributed by atoms with Crippen molar-refractivity contribution in [3.63, 3.8) is 0 Å². The molecule has 188 valence electrons. The zero-order chi connectivity index (χ0) is 25.8. The fourth-order valence-corrected chi connectivity index (χ4v) is 6.09. The highest BCUT2D eigenvalue weighted by molar-refractivity contribution is 5.97. The largest absolute Gasteiger partial charge is 0.545 e. The first-order chi connectivity index (χ1) is 18.6. The Hall–Kier alpha value is -4.58. The van der Waals surface area contributed by atoms with E-state index in [-0.39, 0.29) is 5.56 Å². The van der Waals surface area contributed by atoms with Gasteiger partial charge in [-0.2, -0.15) is 0 Å². The van der Waals surface area contributed by atoms with Crippen LogP contribution < -0.4 is 35.5 Å².